The number of rotatable bonds is 4. The van der Waals surface area contributed by atoms with Crippen LogP contribution in [0.1, 0.15) is 0 Å². The SMILES string of the molecule is c1ccc(-c2ccc(-c3c4ccccc4c(-c4ccccc4-c4cccc5ccccc45)c4ccccc34)c3oc4ccccc4c23)cc1. The number of furan rings is 1. The van der Waals surface area contributed by atoms with Gasteiger partial charge in [-0.3, -0.25) is 0 Å². The first-order valence-electron chi connectivity index (χ1n) is 16.9. The summed E-state index contributed by atoms with van der Waals surface area (Å²) in [5.74, 6) is 0. The Kier molecular flexibility index (Phi) is 6.25. The van der Waals surface area contributed by atoms with Crippen LogP contribution >= 0.6 is 0 Å². The van der Waals surface area contributed by atoms with Crippen LogP contribution in [-0.2, 0) is 0 Å². The molecule has 0 aliphatic carbocycles. The third-order valence-corrected chi connectivity index (χ3v) is 10.1. The van der Waals surface area contributed by atoms with E-state index in [2.05, 4.69) is 182 Å². The molecule has 0 unspecified atom stereocenters. The monoisotopic (exact) mass is 622 g/mol. The van der Waals surface area contributed by atoms with Gasteiger partial charge in [0.15, 0.2) is 0 Å². The molecule has 9 aromatic carbocycles. The minimum atomic E-state index is 0.899. The van der Waals surface area contributed by atoms with E-state index in [1.165, 1.54) is 71.3 Å². The highest BCUT2D eigenvalue weighted by Crippen LogP contribution is 2.49. The average Bonchev–Trinajstić information content (AvgIpc) is 3.57. The van der Waals surface area contributed by atoms with E-state index in [4.69, 9.17) is 4.42 Å². The minimum Gasteiger partial charge on any atom is -0.455 e. The molecule has 0 aliphatic heterocycles. The van der Waals surface area contributed by atoms with Gasteiger partial charge in [0.1, 0.15) is 11.2 Å². The van der Waals surface area contributed by atoms with Crippen LogP contribution in [-0.4, -0.2) is 0 Å². The Balaban J connectivity index is 1.32. The van der Waals surface area contributed by atoms with Crippen LogP contribution in [0, 0.1) is 0 Å². The number of fused-ring (bicyclic) bond motifs is 6. The molecule has 0 spiro atoms. The van der Waals surface area contributed by atoms with E-state index in [1.54, 1.807) is 0 Å². The average molecular weight is 623 g/mol. The summed E-state index contributed by atoms with van der Waals surface area (Å²) in [6.07, 6.45) is 0. The lowest BCUT2D eigenvalue weighted by atomic mass is 9.82. The van der Waals surface area contributed by atoms with Gasteiger partial charge in [0.2, 0.25) is 0 Å². The van der Waals surface area contributed by atoms with Crippen molar-refractivity contribution in [3.8, 4) is 44.5 Å². The van der Waals surface area contributed by atoms with Gasteiger partial charge in [-0.25, -0.2) is 0 Å². The highest BCUT2D eigenvalue weighted by Gasteiger charge is 2.23. The first-order chi connectivity index (χ1) is 24.3. The van der Waals surface area contributed by atoms with Gasteiger partial charge in [-0.1, -0.05) is 170 Å². The molecule has 1 aromatic heterocycles. The second-order valence-corrected chi connectivity index (χ2v) is 12.7. The van der Waals surface area contributed by atoms with Crippen molar-refractivity contribution in [2.45, 2.75) is 0 Å². The quantitative estimate of drug-likeness (QED) is 0.178. The Hall–Kier alpha value is -6.44. The molecule has 0 radical (unpaired) electrons. The number of para-hydroxylation sites is 1. The van der Waals surface area contributed by atoms with E-state index < -0.39 is 0 Å². The van der Waals surface area contributed by atoms with Gasteiger partial charge >= 0.3 is 0 Å². The number of hydrogen-bond donors (Lipinski definition) is 0. The van der Waals surface area contributed by atoms with E-state index in [-0.39, 0.29) is 0 Å². The molecule has 10 rings (SSSR count). The Morgan fingerprint density at radius 3 is 1.49 bits per heavy atom. The highest BCUT2D eigenvalue weighted by atomic mass is 16.3. The topological polar surface area (TPSA) is 13.1 Å². The normalized spacial score (nSPS) is 11.7. The van der Waals surface area contributed by atoms with Crippen LogP contribution in [0.3, 0.4) is 0 Å². The van der Waals surface area contributed by atoms with Crippen molar-refractivity contribution < 1.29 is 4.42 Å². The maximum absolute atomic E-state index is 6.83. The number of benzene rings is 9. The first-order valence-corrected chi connectivity index (χ1v) is 16.9. The van der Waals surface area contributed by atoms with Gasteiger partial charge in [0, 0.05) is 21.9 Å². The molecule has 0 N–H and O–H groups in total. The largest absolute Gasteiger partial charge is 0.455 e. The molecule has 0 saturated heterocycles. The number of hydrogen-bond acceptors (Lipinski definition) is 1. The molecule has 0 fully saturated rings. The smallest absolute Gasteiger partial charge is 0.143 e. The van der Waals surface area contributed by atoms with Crippen LogP contribution in [0.2, 0.25) is 0 Å². The Bertz CT molecular complexity index is 2810. The summed E-state index contributed by atoms with van der Waals surface area (Å²) in [7, 11) is 0. The second-order valence-electron chi connectivity index (χ2n) is 12.7. The van der Waals surface area contributed by atoms with Crippen molar-refractivity contribution >= 4 is 54.3 Å². The zero-order valence-electron chi connectivity index (χ0n) is 26.7. The van der Waals surface area contributed by atoms with Crippen molar-refractivity contribution in [3.05, 3.63) is 182 Å². The van der Waals surface area contributed by atoms with E-state index in [0.717, 1.165) is 27.5 Å². The minimum absolute atomic E-state index is 0.899. The summed E-state index contributed by atoms with van der Waals surface area (Å²) >= 11 is 0. The maximum atomic E-state index is 6.83. The molecule has 10 aromatic rings. The van der Waals surface area contributed by atoms with Crippen molar-refractivity contribution in [3.63, 3.8) is 0 Å². The van der Waals surface area contributed by atoms with Crippen molar-refractivity contribution in [2.24, 2.45) is 0 Å². The third-order valence-electron chi connectivity index (χ3n) is 10.1. The molecular formula is C48H30O. The molecule has 0 saturated carbocycles. The molecule has 49 heavy (non-hydrogen) atoms. The van der Waals surface area contributed by atoms with Crippen LogP contribution in [0.4, 0.5) is 0 Å². The molecule has 1 nitrogen and oxygen atoms in total. The fraction of sp³-hybridized carbons (Fsp3) is 0. The predicted octanol–water partition coefficient (Wildman–Crippen LogP) is 13.7. The van der Waals surface area contributed by atoms with Crippen molar-refractivity contribution in [2.75, 3.05) is 0 Å². The Morgan fingerprint density at radius 2 is 0.776 bits per heavy atom. The van der Waals surface area contributed by atoms with Gasteiger partial charge in [-0.2, -0.15) is 0 Å². The second kappa shape index (κ2) is 11.1. The van der Waals surface area contributed by atoms with Crippen LogP contribution in [0.25, 0.3) is 98.8 Å². The van der Waals surface area contributed by atoms with Crippen molar-refractivity contribution in [1.29, 1.82) is 0 Å². The Morgan fingerprint density at radius 1 is 0.286 bits per heavy atom. The van der Waals surface area contributed by atoms with Gasteiger partial charge in [0.25, 0.3) is 0 Å². The summed E-state index contributed by atoms with van der Waals surface area (Å²) in [6, 6.07) is 65.6. The zero-order chi connectivity index (χ0) is 32.3. The standard InChI is InChI=1S/C48H30O/c1-2-15-32(16-3-1)34-29-30-43(48-47(34)42-26-12-13-28-44(42)49-48)46-40-24-10-8-22-38(40)45(39-23-9-11-25-41(39)46)37-21-7-6-20-36(37)35-27-14-18-31-17-4-5-19-33(31)35/h1-30H. The third kappa shape index (κ3) is 4.26. The van der Waals surface area contributed by atoms with E-state index in [0.29, 0.717) is 0 Å². The van der Waals surface area contributed by atoms with Crippen molar-refractivity contribution in [1.82, 2.24) is 0 Å². The molecule has 0 atom stereocenters. The van der Waals surface area contributed by atoms with Gasteiger partial charge in [0.05, 0.1) is 0 Å². The lowest BCUT2D eigenvalue weighted by Crippen LogP contribution is -1.93. The van der Waals surface area contributed by atoms with Gasteiger partial charge in [-0.15, -0.1) is 0 Å². The van der Waals surface area contributed by atoms with Gasteiger partial charge in [-0.05, 0) is 77.8 Å². The van der Waals surface area contributed by atoms with Crippen LogP contribution in [0.5, 0.6) is 0 Å². The first kappa shape index (κ1) is 27.7. The summed E-state index contributed by atoms with van der Waals surface area (Å²) < 4.78 is 6.83. The summed E-state index contributed by atoms with van der Waals surface area (Å²) in [5, 5.41) is 9.64. The molecular weight excluding hydrogens is 593 g/mol. The summed E-state index contributed by atoms with van der Waals surface area (Å²) in [4.78, 5) is 0. The lowest BCUT2D eigenvalue weighted by molar-refractivity contribution is 0.670. The van der Waals surface area contributed by atoms with Crippen LogP contribution < -0.4 is 0 Å². The lowest BCUT2D eigenvalue weighted by Gasteiger charge is -2.20. The summed E-state index contributed by atoms with van der Waals surface area (Å²) in [5.41, 5.74) is 11.4. The van der Waals surface area contributed by atoms with Crippen LogP contribution in [0.15, 0.2) is 186 Å². The molecule has 0 aliphatic rings. The molecule has 0 bridgehead atoms. The highest BCUT2D eigenvalue weighted by molar-refractivity contribution is 6.26. The fourth-order valence-electron chi connectivity index (χ4n) is 7.99. The van der Waals surface area contributed by atoms with E-state index in [9.17, 15) is 0 Å². The molecule has 1 heteroatoms. The van der Waals surface area contributed by atoms with Gasteiger partial charge < -0.3 is 4.42 Å². The Labute approximate surface area is 284 Å². The maximum Gasteiger partial charge on any atom is 0.143 e. The molecule has 228 valence electrons. The summed E-state index contributed by atoms with van der Waals surface area (Å²) in [6.45, 7) is 0. The fourth-order valence-corrected chi connectivity index (χ4v) is 7.99. The van der Waals surface area contributed by atoms with E-state index in [1.807, 2.05) is 0 Å². The molecule has 1 heterocycles. The predicted molar refractivity (Wildman–Crippen MR) is 208 cm³/mol. The zero-order valence-corrected chi connectivity index (χ0v) is 26.7. The molecule has 0 amide bonds. The van der Waals surface area contributed by atoms with E-state index >= 15 is 0 Å².